The van der Waals surface area contributed by atoms with Gasteiger partial charge in [0.1, 0.15) is 18.7 Å². The summed E-state index contributed by atoms with van der Waals surface area (Å²) in [6, 6.07) is 0. The Morgan fingerprint density at radius 1 is 1.37 bits per heavy atom. The summed E-state index contributed by atoms with van der Waals surface area (Å²) in [5.41, 5.74) is 2.48. The first-order valence-corrected chi connectivity index (χ1v) is 7.19. The molecule has 2 aliphatic rings. The van der Waals surface area contributed by atoms with Crippen LogP contribution in [0.2, 0.25) is 0 Å². The number of rotatable bonds is 5. The van der Waals surface area contributed by atoms with Gasteiger partial charge in [-0.3, -0.25) is 0 Å². The molecule has 3 heteroatoms. The van der Waals surface area contributed by atoms with E-state index >= 15 is 0 Å². The van der Waals surface area contributed by atoms with Gasteiger partial charge >= 0.3 is 0 Å². The minimum atomic E-state index is 0.608. The average Bonchev–Trinajstić information content (AvgIpc) is 2.46. The van der Waals surface area contributed by atoms with Crippen LogP contribution in [0, 0.1) is 0 Å². The molecule has 0 saturated carbocycles. The van der Waals surface area contributed by atoms with Crippen LogP contribution in [-0.4, -0.2) is 26.0 Å². The highest BCUT2D eigenvalue weighted by atomic mass is 16.5. The Labute approximate surface area is 116 Å². The zero-order chi connectivity index (χ0) is 13.9. The molecule has 3 nitrogen and oxygen atoms in total. The van der Waals surface area contributed by atoms with E-state index < -0.39 is 0 Å². The van der Waals surface area contributed by atoms with Crippen LogP contribution in [0.1, 0.15) is 39.5 Å². The van der Waals surface area contributed by atoms with E-state index in [2.05, 4.69) is 37.4 Å². The van der Waals surface area contributed by atoms with Gasteiger partial charge in [0, 0.05) is 18.4 Å². The molecule has 2 rings (SSSR count). The van der Waals surface area contributed by atoms with Crippen molar-refractivity contribution in [3.8, 4) is 0 Å². The highest BCUT2D eigenvalue weighted by molar-refractivity contribution is 5.53. The molecule has 0 unspecified atom stereocenters. The van der Waals surface area contributed by atoms with Crippen LogP contribution in [0.15, 0.2) is 35.1 Å². The standard InChI is InChI=1S/C12H14O2.C4H11N/c13-8-3-4-10-7-9-14-12-6-2-1-5-11(10)12;1-3-5-4-2/h1,5,7-8H,2-4,6,9H2;5H,3-4H2,1-2H3. The lowest BCUT2D eigenvalue weighted by atomic mass is 9.93. The normalized spacial score (nSPS) is 16.8. The monoisotopic (exact) mass is 263 g/mol. The van der Waals surface area contributed by atoms with Gasteiger partial charge in [-0.1, -0.05) is 26.0 Å². The van der Waals surface area contributed by atoms with Crippen LogP contribution < -0.4 is 5.32 Å². The quantitative estimate of drug-likeness (QED) is 0.774. The number of carbonyl (C=O) groups excluding carboxylic acids is 1. The first-order chi connectivity index (χ1) is 9.33. The van der Waals surface area contributed by atoms with Crippen molar-refractivity contribution < 1.29 is 9.53 Å². The molecule has 0 aromatic heterocycles. The summed E-state index contributed by atoms with van der Waals surface area (Å²) in [5.74, 6) is 1.11. The summed E-state index contributed by atoms with van der Waals surface area (Å²) in [7, 11) is 0. The molecule has 0 radical (unpaired) electrons. The maximum absolute atomic E-state index is 10.3. The lowest BCUT2D eigenvalue weighted by molar-refractivity contribution is -0.107. The van der Waals surface area contributed by atoms with Gasteiger partial charge in [-0.2, -0.15) is 0 Å². The van der Waals surface area contributed by atoms with Gasteiger partial charge < -0.3 is 14.8 Å². The van der Waals surface area contributed by atoms with Crippen molar-refractivity contribution in [1.29, 1.82) is 0 Å². The van der Waals surface area contributed by atoms with Gasteiger partial charge in [0.15, 0.2) is 0 Å². The molecule has 0 fully saturated rings. The van der Waals surface area contributed by atoms with E-state index in [-0.39, 0.29) is 0 Å². The van der Waals surface area contributed by atoms with Gasteiger partial charge in [0.25, 0.3) is 0 Å². The number of hydrogen-bond acceptors (Lipinski definition) is 3. The second-order valence-corrected chi connectivity index (χ2v) is 4.48. The Bertz CT molecular complexity index is 361. The van der Waals surface area contributed by atoms with Gasteiger partial charge in [-0.25, -0.2) is 0 Å². The summed E-state index contributed by atoms with van der Waals surface area (Å²) in [6.45, 7) is 7.06. The minimum Gasteiger partial charge on any atom is -0.493 e. The van der Waals surface area contributed by atoms with Crippen LogP contribution in [-0.2, 0) is 9.53 Å². The average molecular weight is 263 g/mol. The van der Waals surface area contributed by atoms with Crippen molar-refractivity contribution in [2.75, 3.05) is 19.7 Å². The number of carbonyl (C=O) groups is 1. The van der Waals surface area contributed by atoms with Crippen LogP contribution in [0.25, 0.3) is 0 Å². The van der Waals surface area contributed by atoms with Crippen LogP contribution >= 0.6 is 0 Å². The molecule has 1 aliphatic carbocycles. The van der Waals surface area contributed by atoms with Crippen molar-refractivity contribution >= 4 is 6.29 Å². The predicted octanol–water partition coefficient (Wildman–Crippen LogP) is 3.14. The molecular formula is C16H25NO2. The van der Waals surface area contributed by atoms with Crippen LogP contribution in [0.3, 0.4) is 0 Å². The third-order valence-corrected chi connectivity index (χ3v) is 3.09. The van der Waals surface area contributed by atoms with Crippen molar-refractivity contribution in [2.24, 2.45) is 0 Å². The largest absolute Gasteiger partial charge is 0.493 e. The maximum Gasteiger partial charge on any atom is 0.120 e. The van der Waals surface area contributed by atoms with Crippen LogP contribution in [0.5, 0.6) is 0 Å². The molecule has 0 saturated heterocycles. The van der Waals surface area contributed by atoms with Crippen LogP contribution in [0.4, 0.5) is 0 Å². The molecule has 1 aliphatic heterocycles. The first kappa shape index (κ1) is 15.7. The van der Waals surface area contributed by atoms with Gasteiger partial charge in [-0.05, 0) is 37.6 Å². The van der Waals surface area contributed by atoms with Crippen molar-refractivity contribution in [1.82, 2.24) is 5.32 Å². The Morgan fingerprint density at radius 2 is 2.16 bits per heavy atom. The Kier molecular flexibility index (Phi) is 7.91. The molecule has 0 aromatic rings. The number of ether oxygens (including phenoxy) is 1. The SMILES string of the molecule is CCNCC.O=CCCC1=CCOC2=C1C=CCC2. The summed E-state index contributed by atoms with van der Waals surface area (Å²) in [6.07, 6.45) is 10.9. The fraction of sp³-hybridized carbons (Fsp3) is 0.562. The summed E-state index contributed by atoms with van der Waals surface area (Å²) >= 11 is 0. The zero-order valence-electron chi connectivity index (χ0n) is 12.1. The highest BCUT2D eigenvalue weighted by Crippen LogP contribution is 2.30. The van der Waals surface area contributed by atoms with E-state index in [1.165, 1.54) is 11.1 Å². The van der Waals surface area contributed by atoms with Crippen molar-refractivity contribution in [3.05, 3.63) is 35.1 Å². The van der Waals surface area contributed by atoms with Gasteiger partial charge in [0.2, 0.25) is 0 Å². The second-order valence-electron chi connectivity index (χ2n) is 4.48. The molecule has 0 spiro atoms. The smallest absolute Gasteiger partial charge is 0.120 e. The Hall–Kier alpha value is -1.35. The second kappa shape index (κ2) is 9.56. The lowest BCUT2D eigenvalue weighted by Gasteiger charge is -2.22. The topological polar surface area (TPSA) is 38.3 Å². The van der Waals surface area contributed by atoms with E-state index in [1.54, 1.807) is 0 Å². The third kappa shape index (κ3) is 5.43. The number of hydrogen-bond donors (Lipinski definition) is 1. The summed E-state index contributed by atoms with van der Waals surface area (Å²) in [4.78, 5) is 10.3. The summed E-state index contributed by atoms with van der Waals surface area (Å²) < 4.78 is 5.56. The first-order valence-electron chi connectivity index (χ1n) is 7.19. The number of nitrogens with one attached hydrogen (secondary N) is 1. The molecule has 0 aromatic carbocycles. The lowest BCUT2D eigenvalue weighted by Crippen LogP contribution is -2.09. The molecule has 106 valence electrons. The molecule has 0 amide bonds. The van der Waals surface area contributed by atoms with E-state index in [0.717, 1.165) is 44.4 Å². The number of allylic oxidation sites excluding steroid dienone is 5. The number of aldehydes is 1. The molecule has 0 atom stereocenters. The predicted molar refractivity (Wildman–Crippen MR) is 79.0 cm³/mol. The minimum absolute atomic E-state index is 0.608. The zero-order valence-corrected chi connectivity index (χ0v) is 12.1. The molecule has 1 N–H and O–H groups in total. The van der Waals surface area contributed by atoms with E-state index in [4.69, 9.17) is 4.74 Å². The Balaban J connectivity index is 0.000000312. The third-order valence-electron chi connectivity index (χ3n) is 3.09. The summed E-state index contributed by atoms with van der Waals surface area (Å²) in [5, 5.41) is 3.11. The fourth-order valence-electron chi connectivity index (χ4n) is 2.13. The van der Waals surface area contributed by atoms with E-state index in [9.17, 15) is 4.79 Å². The highest BCUT2D eigenvalue weighted by Gasteiger charge is 2.16. The molecule has 1 heterocycles. The Morgan fingerprint density at radius 3 is 2.79 bits per heavy atom. The fourth-order valence-corrected chi connectivity index (χ4v) is 2.13. The van der Waals surface area contributed by atoms with Crippen molar-refractivity contribution in [2.45, 2.75) is 39.5 Å². The molecular weight excluding hydrogens is 238 g/mol. The van der Waals surface area contributed by atoms with Gasteiger partial charge in [-0.15, -0.1) is 0 Å². The maximum atomic E-state index is 10.3. The molecule has 0 bridgehead atoms. The van der Waals surface area contributed by atoms with Gasteiger partial charge in [0.05, 0.1) is 0 Å². The van der Waals surface area contributed by atoms with E-state index in [0.29, 0.717) is 13.0 Å². The van der Waals surface area contributed by atoms with Crippen molar-refractivity contribution in [3.63, 3.8) is 0 Å². The molecule has 19 heavy (non-hydrogen) atoms. The van der Waals surface area contributed by atoms with E-state index in [1.807, 2.05) is 0 Å².